The first-order valence-electron chi connectivity index (χ1n) is 15.2. The van der Waals surface area contributed by atoms with E-state index in [1.54, 1.807) is 0 Å². The van der Waals surface area contributed by atoms with Gasteiger partial charge < -0.3 is 18.9 Å². The van der Waals surface area contributed by atoms with Gasteiger partial charge in [-0.1, -0.05) is 60.7 Å². The number of aryl methyl sites for hydroxylation is 2. The molecule has 44 heavy (non-hydrogen) atoms. The van der Waals surface area contributed by atoms with E-state index >= 15 is 0 Å². The fourth-order valence-electron chi connectivity index (χ4n) is 5.64. The van der Waals surface area contributed by atoms with E-state index in [0.717, 1.165) is 32.1 Å². The number of carbonyl (C=O) groups is 1. The van der Waals surface area contributed by atoms with Crippen LogP contribution in [0.25, 0.3) is 0 Å². The molecule has 0 aromatic heterocycles. The maximum atomic E-state index is 13.7. The highest BCUT2D eigenvalue weighted by atomic mass is 32.2. The fraction of sp³-hybridized carbons (Fsp3) is 0.441. The Morgan fingerprint density at radius 1 is 0.841 bits per heavy atom. The molecular formula is C34H44N2O7S. The summed E-state index contributed by atoms with van der Waals surface area (Å²) >= 11 is 0. The van der Waals surface area contributed by atoms with Crippen molar-refractivity contribution < 1.29 is 32.2 Å². The van der Waals surface area contributed by atoms with Crippen LogP contribution < -0.4 is 18.9 Å². The monoisotopic (exact) mass is 624 g/mol. The van der Waals surface area contributed by atoms with Crippen molar-refractivity contribution >= 4 is 21.9 Å². The first-order chi connectivity index (χ1) is 21.3. The Bertz CT molecular complexity index is 1360. The van der Waals surface area contributed by atoms with Gasteiger partial charge in [0.2, 0.25) is 5.75 Å². The van der Waals surface area contributed by atoms with Crippen molar-refractivity contribution in [3.63, 3.8) is 0 Å². The number of nitrogens with one attached hydrogen (secondary N) is 1. The summed E-state index contributed by atoms with van der Waals surface area (Å²) in [4.78, 5) is 13.7. The zero-order valence-electron chi connectivity index (χ0n) is 25.9. The van der Waals surface area contributed by atoms with Crippen molar-refractivity contribution in [2.45, 2.75) is 69.9 Å². The zero-order valence-corrected chi connectivity index (χ0v) is 26.7. The minimum Gasteiger partial charge on any atom is -0.493 e. The Labute approximate surface area is 261 Å². The van der Waals surface area contributed by atoms with E-state index in [0.29, 0.717) is 42.9 Å². The molecule has 0 saturated carbocycles. The van der Waals surface area contributed by atoms with E-state index in [4.69, 9.17) is 18.9 Å². The molecule has 1 fully saturated rings. The molecule has 1 aliphatic heterocycles. The summed E-state index contributed by atoms with van der Waals surface area (Å²) < 4.78 is 53.4. The average molecular weight is 625 g/mol. The number of esters is 1. The number of carbonyl (C=O) groups excluding carboxylic acids is 1. The molecule has 4 rings (SSSR count). The van der Waals surface area contributed by atoms with Crippen LogP contribution in [0.3, 0.4) is 0 Å². The second kappa shape index (κ2) is 16.4. The molecule has 1 unspecified atom stereocenters. The molecule has 1 atom stereocenters. The third-order valence-electron chi connectivity index (χ3n) is 7.90. The minimum absolute atomic E-state index is 0.214. The Hall–Kier alpha value is -3.76. The molecule has 0 radical (unpaired) electrons. The van der Waals surface area contributed by atoms with Crippen LogP contribution in [0.4, 0.5) is 5.69 Å². The van der Waals surface area contributed by atoms with E-state index < -0.39 is 22.2 Å². The minimum atomic E-state index is -4.11. The Morgan fingerprint density at radius 2 is 1.39 bits per heavy atom. The lowest BCUT2D eigenvalue weighted by Crippen LogP contribution is -2.51. The molecule has 3 aromatic carbocycles. The number of ether oxygens (including phenoxy) is 4. The standard InChI is InChI=1S/C34H44N2O7S/c1-40-31-24-28(25-32(41-2)33(31)42-3)35-44(38,39)36-23-11-10-22-30(36)34(37)43-29(20-12-18-26-14-6-4-7-15-26)21-13-19-27-16-8-5-9-17-27/h4-9,14-17,24-25,29-30,35H,10-13,18-23H2,1-3H3. The third-order valence-corrected chi connectivity index (χ3v) is 9.45. The number of rotatable bonds is 16. The van der Waals surface area contributed by atoms with Crippen LogP contribution >= 0.6 is 0 Å². The first kappa shape index (κ1) is 33.1. The van der Waals surface area contributed by atoms with Gasteiger partial charge in [0.05, 0.1) is 27.0 Å². The second-order valence-corrected chi connectivity index (χ2v) is 12.6. The predicted octanol–water partition coefficient (Wildman–Crippen LogP) is 6.18. The molecule has 0 amide bonds. The van der Waals surface area contributed by atoms with Gasteiger partial charge in [0, 0.05) is 18.7 Å². The van der Waals surface area contributed by atoms with Crippen LogP contribution in [-0.4, -0.2) is 58.7 Å². The Balaban J connectivity index is 1.46. The summed E-state index contributed by atoms with van der Waals surface area (Å²) in [5.74, 6) is 0.480. The number of benzene rings is 3. The lowest BCUT2D eigenvalue weighted by atomic mass is 10.0. The molecule has 3 aromatic rings. The van der Waals surface area contributed by atoms with Crippen LogP contribution in [0.2, 0.25) is 0 Å². The maximum absolute atomic E-state index is 13.7. The predicted molar refractivity (Wildman–Crippen MR) is 172 cm³/mol. The molecule has 0 bridgehead atoms. The first-order valence-corrected chi connectivity index (χ1v) is 16.7. The molecule has 1 heterocycles. The summed E-state index contributed by atoms with van der Waals surface area (Å²) in [5, 5.41) is 0. The lowest BCUT2D eigenvalue weighted by Gasteiger charge is -2.34. The van der Waals surface area contributed by atoms with E-state index in [-0.39, 0.29) is 18.3 Å². The molecule has 0 aliphatic carbocycles. The molecule has 1 aliphatic rings. The fourth-order valence-corrected chi connectivity index (χ4v) is 7.07. The Kier molecular flexibility index (Phi) is 12.3. The van der Waals surface area contributed by atoms with Crippen LogP contribution in [0.15, 0.2) is 72.8 Å². The van der Waals surface area contributed by atoms with Gasteiger partial charge in [0.25, 0.3) is 0 Å². The summed E-state index contributed by atoms with van der Waals surface area (Å²) in [5.41, 5.74) is 2.71. The van der Waals surface area contributed by atoms with E-state index in [1.165, 1.54) is 48.9 Å². The SMILES string of the molecule is COc1cc(NS(=O)(=O)N2CCCCC2C(=O)OC(CCCc2ccccc2)CCCc2ccccc2)cc(OC)c1OC. The maximum Gasteiger partial charge on any atom is 0.324 e. The van der Waals surface area contributed by atoms with Gasteiger partial charge in [-0.25, -0.2) is 0 Å². The van der Waals surface area contributed by atoms with Gasteiger partial charge in [0.1, 0.15) is 12.1 Å². The topological polar surface area (TPSA) is 103 Å². The largest absolute Gasteiger partial charge is 0.493 e. The second-order valence-electron chi connectivity index (χ2n) is 11.0. The summed E-state index contributed by atoms with van der Waals surface area (Å²) in [6, 6.07) is 22.6. The van der Waals surface area contributed by atoms with E-state index in [9.17, 15) is 13.2 Å². The molecule has 10 heteroatoms. The highest BCUT2D eigenvalue weighted by Gasteiger charge is 2.39. The molecule has 0 spiro atoms. The normalized spacial score (nSPS) is 15.5. The van der Waals surface area contributed by atoms with Crippen LogP contribution in [0.1, 0.15) is 56.1 Å². The van der Waals surface area contributed by atoms with Gasteiger partial charge in [0.15, 0.2) is 11.5 Å². The number of piperidine rings is 1. The van der Waals surface area contributed by atoms with Crippen molar-refractivity contribution in [2.75, 3.05) is 32.6 Å². The highest BCUT2D eigenvalue weighted by Crippen LogP contribution is 2.40. The van der Waals surface area contributed by atoms with Gasteiger partial charge >= 0.3 is 16.2 Å². The molecule has 238 valence electrons. The van der Waals surface area contributed by atoms with Crippen molar-refractivity contribution in [2.24, 2.45) is 0 Å². The average Bonchev–Trinajstić information content (AvgIpc) is 3.05. The van der Waals surface area contributed by atoms with Gasteiger partial charge in [-0.15, -0.1) is 0 Å². The molecule has 1 N–H and O–H groups in total. The van der Waals surface area contributed by atoms with Crippen LogP contribution in [-0.2, 0) is 32.6 Å². The third kappa shape index (κ3) is 9.12. The van der Waals surface area contributed by atoms with Crippen molar-refractivity contribution in [3.8, 4) is 17.2 Å². The number of hydrogen-bond donors (Lipinski definition) is 1. The molecule has 9 nitrogen and oxygen atoms in total. The van der Waals surface area contributed by atoms with Crippen LogP contribution in [0, 0.1) is 0 Å². The van der Waals surface area contributed by atoms with E-state index in [2.05, 4.69) is 29.0 Å². The quantitative estimate of drug-likeness (QED) is 0.190. The van der Waals surface area contributed by atoms with Crippen molar-refractivity contribution in [3.05, 3.63) is 83.9 Å². The van der Waals surface area contributed by atoms with Crippen molar-refractivity contribution in [1.29, 1.82) is 0 Å². The molecule has 1 saturated heterocycles. The smallest absolute Gasteiger partial charge is 0.324 e. The number of nitrogens with zero attached hydrogens (tertiary/aromatic N) is 1. The number of methoxy groups -OCH3 is 3. The summed E-state index contributed by atoms with van der Waals surface area (Å²) in [6.45, 7) is 0.214. The van der Waals surface area contributed by atoms with E-state index in [1.807, 2.05) is 36.4 Å². The van der Waals surface area contributed by atoms with Crippen molar-refractivity contribution in [1.82, 2.24) is 4.31 Å². The van der Waals surface area contributed by atoms with Gasteiger partial charge in [-0.3, -0.25) is 9.52 Å². The van der Waals surface area contributed by atoms with Gasteiger partial charge in [-0.2, -0.15) is 12.7 Å². The summed E-state index contributed by atoms with van der Waals surface area (Å²) in [7, 11) is 0.287. The number of hydrogen-bond acceptors (Lipinski definition) is 7. The zero-order chi connectivity index (χ0) is 31.4. The molecular weight excluding hydrogens is 580 g/mol. The van der Waals surface area contributed by atoms with Crippen LogP contribution in [0.5, 0.6) is 17.2 Å². The summed E-state index contributed by atoms with van der Waals surface area (Å²) in [6.07, 6.45) is 6.40. The highest BCUT2D eigenvalue weighted by molar-refractivity contribution is 7.90. The van der Waals surface area contributed by atoms with Gasteiger partial charge in [-0.05, 0) is 68.9 Å². The Morgan fingerprint density at radius 3 is 1.89 bits per heavy atom. The number of anilines is 1. The lowest BCUT2D eigenvalue weighted by molar-refractivity contribution is -0.155.